The molecule has 0 spiro atoms. The molecule has 1 amide bonds. The van der Waals surface area contributed by atoms with Gasteiger partial charge in [-0.05, 0) is 25.6 Å². The third kappa shape index (κ3) is 2.11. The number of amides is 1. The standard InChI is InChI=1S/C14H18N2O/c1-10(8-15-3)9-16-11(2)12-6-4-5-7-13(12)14(16)17/h4-7,10,15H,2,8-9H2,1,3H3. The number of benzene rings is 1. The molecule has 90 valence electrons. The largest absolute Gasteiger partial charge is 0.319 e. The second kappa shape index (κ2) is 4.72. The number of rotatable bonds is 4. The predicted octanol–water partition coefficient (Wildman–Crippen LogP) is 1.97. The lowest BCUT2D eigenvalue weighted by Gasteiger charge is -2.21. The minimum atomic E-state index is 0.0774. The molecule has 1 atom stereocenters. The summed E-state index contributed by atoms with van der Waals surface area (Å²) in [7, 11) is 1.92. The van der Waals surface area contributed by atoms with E-state index in [1.54, 1.807) is 4.90 Å². The molecular weight excluding hydrogens is 212 g/mol. The Hall–Kier alpha value is -1.61. The van der Waals surface area contributed by atoms with Gasteiger partial charge in [0.15, 0.2) is 0 Å². The fourth-order valence-corrected chi connectivity index (χ4v) is 2.25. The van der Waals surface area contributed by atoms with Crippen molar-refractivity contribution >= 4 is 11.6 Å². The molecule has 17 heavy (non-hydrogen) atoms. The minimum Gasteiger partial charge on any atom is -0.319 e. The number of carbonyl (C=O) groups excluding carboxylic acids is 1. The van der Waals surface area contributed by atoms with Crippen LogP contribution in [0, 0.1) is 5.92 Å². The molecule has 1 aliphatic heterocycles. The van der Waals surface area contributed by atoms with Gasteiger partial charge in [0.1, 0.15) is 0 Å². The lowest BCUT2D eigenvalue weighted by molar-refractivity contribution is 0.0836. The van der Waals surface area contributed by atoms with Crippen molar-refractivity contribution in [2.75, 3.05) is 20.1 Å². The summed E-state index contributed by atoms with van der Waals surface area (Å²) in [5.74, 6) is 0.489. The van der Waals surface area contributed by atoms with Crippen molar-refractivity contribution in [3.05, 3.63) is 42.0 Å². The summed E-state index contributed by atoms with van der Waals surface area (Å²) in [6.45, 7) is 7.76. The summed E-state index contributed by atoms with van der Waals surface area (Å²) >= 11 is 0. The highest BCUT2D eigenvalue weighted by molar-refractivity contribution is 6.08. The van der Waals surface area contributed by atoms with Crippen LogP contribution in [0.3, 0.4) is 0 Å². The lowest BCUT2D eigenvalue weighted by atomic mass is 10.1. The second-order valence-corrected chi connectivity index (χ2v) is 4.57. The maximum absolute atomic E-state index is 12.2. The summed E-state index contributed by atoms with van der Waals surface area (Å²) < 4.78 is 0. The van der Waals surface area contributed by atoms with Gasteiger partial charge < -0.3 is 10.2 Å². The van der Waals surface area contributed by atoms with E-state index in [2.05, 4.69) is 18.8 Å². The molecule has 1 unspecified atom stereocenters. The van der Waals surface area contributed by atoms with Crippen LogP contribution in [-0.4, -0.2) is 30.9 Å². The summed E-state index contributed by atoms with van der Waals surface area (Å²) in [5.41, 5.74) is 2.57. The van der Waals surface area contributed by atoms with Gasteiger partial charge in [-0.1, -0.05) is 31.7 Å². The van der Waals surface area contributed by atoms with Gasteiger partial charge >= 0.3 is 0 Å². The van der Waals surface area contributed by atoms with Crippen molar-refractivity contribution in [2.45, 2.75) is 6.92 Å². The highest BCUT2D eigenvalue weighted by Crippen LogP contribution is 2.31. The molecule has 0 radical (unpaired) electrons. The minimum absolute atomic E-state index is 0.0774. The normalized spacial score (nSPS) is 16.2. The lowest BCUT2D eigenvalue weighted by Crippen LogP contribution is -2.32. The Bertz CT molecular complexity index is 418. The highest BCUT2D eigenvalue weighted by atomic mass is 16.2. The van der Waals surface area contributed by atoms with Crippen LogP contribution in [0.5, 0.6) is 0 Å². The molecule has 1 heterocycles. The van der Waals surface area contributed by atoms with Gasteiger partial charge in [0, 0.05) is 23.4 Å². The number of nitrogens with one attached hydrogen (secondary N) is 1. The molecule has 1 aromatic rings. The zero-order chi connectivity index (χ0) is 12.4. The van der Waals surface area contributed by atoms with E-state index >= 15 is 0 Å². The van der Waals surface area contributed by atoms with Crippen molar-refractivity contribution in [3.63, 3.8) is 0 Å². The van der Waals surface area contributed by atoms with Gasteiger partial charge in [0.2, 0.25) is 0 Å². The van der Waals surface area contributed by atoms with Gasteiger partial charge in [0.25, 0.3) is 5.91 Å². The van der Waals surface area contributed by atoms with Gasteiger partial charge in [-0.15, -0.1) is 0 Å². The molecule has 3 heteroatoms. The third-order valence-corrected chi connectivity index (χ3v) is 3.09. The Balaban J connectivity index is 2.19. The fraction of sp³-hybridized carbons (Fsp3) is 0.357. The molecule has 0 aliphatic carbocycles. The quantitative estimate of drug-likeness (QED) is 0.857. The van der Waals surface area contributed by atoms with Crippen LogP contribution in [0.1, 0.15) is 22.8 Å². The van der Waals surface area contributed by atoms with Crippen LogP contribution in [0.25, 0.3) is 5.70 Å². The molecular formula is C14H18N2O. The summed E-state index contributed by atoms with van der Waals surface area (Å²) in [6.07, 6.45) is 0. The van der Waals surface area contributed by atoms with Crippen molar-refractivity contribution in [1.29, 1.82) is 0 Å². The molecule has 0 saturated heterocycles. The second-order valence-electron chi connectivity index (χ2n) is 4.57. The summed E-state index contributed by atoms with van der Waals surface area (Å²) in [6, 6.07) is 7.66. The monoisotopic (exact) mass is 230 g/mol. The fourth-order valence-electron chi connectivity index (χ4n) is 2.25. The zero-order valence-corrected chi connectivity index (χ0v) is 10.4. The van der Waals surface area contributed by atoms with Crippen LogP contribution < -0.4 is 5.32 Å². The van der Waals surface area contributed by atoms with Crippen molar-refractivity contribution in [1.82, 2.24) is 10.2 Å². The third-order valence-electron chi connectivity index (χ3n) is 3.09. The highest BCUT2D eigenvalue weighted by Gasteiger charge is 2.30. The molecule has 0 saturated carbocycles. The Morgan fingerprint density at radius 1 is 1.35 bits per heavy atom. The summed E-state index contributed by atoms with van der Waals surface area (Å²) in [5, 5.41) is 3.12. The number of hydrogen-bond donors (Lipinski definition) is 1. The molecule has 0 fully saturated rings. The van der Waals surface area contributed by atoms with Crippen LogP contribution >= 0.6 is 0 Å². The van der Waals surface area contributed by atoms with E-state index in [0.29, 0.717) is 12.5 Å². The van der Waals surface area contributed by atoms with E-state index in [9.17, 15) is 4.79 Å². The number of nitrogens with zero attached hydrogens (tertiary/aromatic N) is 1. The van der Waals surface area contributed by atoms with Gasteiger partial charge in [0.05, 0.1) is 0 Å². The first kappa shape index (κ1) is 11.9. The molecule has 1 aromatic carbocycles. The summed E-state index contributed by atoms with van der Waals surface area (Å²) in [4.78, 5) is 14.0. The average molecular weight is 230 g/mol. The van der Waals surface area contributed by atoms with Crippen molar-refractivity contribution in [3.8, 4) is 0 Å². The number of carbonyl (C=O) groups is 1. The molecule has 2 rings (SSSR count). The SMILES string of the molecule is C=C1c2ccccc2C(=O)N1CC(C)CNC. The maximum Gasteiger partial charge on any atom is 0.258 e. The predicted molar refractivity (Wildman–Crippen MR) is 69.6 cm³/mol. The van der Waals surface area contributed by atoms with Crippen molar-refractivity contribution in [2.24, 2.45) is 5.92 Å². The van der Waals surface area contributed by atoms with Gasteiger partial charge in [-0.25, -0.2) is 0 Å². The van der Waals surface area contributed by atoms with E-state index in [1.165, 1.54) is 0 Å². The van der Waals surface area contributed by atoms with E-state index < -0.39 is 0 Å². The first-order valence-electron chi connectivity index (χ1n) is 5.90. The van der Waals surface area contributed by atoms with Crippen LogP contribution in [0.2, 0.25) is 0 Å². The van der Waals surface area contributed by atoms with E-state index in [0.717, 1.165) is 23.4 Å². The Morgan fingerprint density at radius 2 is 2.00 bits per heavy atom. The van der Waals surface area contributed by atoms with E-state index in [-0.39, 0.29) is 5.91 Å². The van der Waals surface area contributed by atoms with Crippen LogP contribution in [0.15, 0.2) is 30.8 Å². The Labute approximate surface area is 102 Å². The maximum atomic E-state index is 12.2. The molecule has 0 bridgehead atoms. The molecule has 3 nitrogen and oxygen atoms in total. The molecule has 1 N–H and O–H groups in total. The van der Waals surface area contributed by atoms with Gasteiger partial charge in [-0.2, -0.15) is 0 Å². The van der Waals surface area contributed by atoms with E-state index in [1.807, 2.05) is 31.3 Å². The first-order valence-corrected chi connectivity index (χ1v) is 5.90. The number of hydrogen-bond acceptors (Lipinski definition) is 2. The molecule has 1 aliphatic rings. The van der Waals surface area contributed by atoms with Gasteiger partial charge in [-0.3, -0.25) is 4.79 Å². The van der Waals surface area contributed by atoms with Crippen LogP contribution in [-0.2, 0) is 0 Å². The van der Waals surface area contributed by atoms with Crippen LogP contribution in [0.4, 0.5) is 0 Å². The Kier molecular flexibility index (Phi) is 3.29. The first-order chi connectivity index (χ1) is 8.15. The number of fused-ring (bicyclic) bond motifs is 1. The Morgan fingerprint density at radius 3 is 2.59 bits per heavy atom. The topological polar surface area (TPSA) is 32.3 Å². The van der Waals surface area contributed by atoms with Crippen molar-refractivity contribution < 1.29 is 4.79 Å². The smallest absolute Gasteiger partial charge is 0.258 e. The average Bonchev–Trinajstić information content (AvgIpc) is 2.56. The van der Waals surface area contributed by atoms with E-state index in [4.69, 9.17) is 0 Å². The molecule has 0 aromatic heterocycles. The zero-order valence-electron chi connectivity index (χ0n) is 10.4.